The average Bonchev–Trinajstić information content (AvgIpc) is 3.02. The number of Topliss-reactive ketones (excluding diaryl/α,β-unsaturated/α-hetero) is 1. The third-order valence-electron chi connectivity index (χ3n) is 4.56. The summed E-state index contributed by atoms with van der Waals surface area (Å²) in [5.74, 6) is -0.0115. The molecule has 156 valence electrons. The molecule has 0 saturated carbocycles. The van der Waals surface area contributed by atoms with Gasteiger partial charge in [-0.25, -0.2) is 13.4 Å². The van der Waals surface area contributed by atoms with Gasteiger partial charge in [-0.2, -0.15) is 4.72 Å². The molecule has 2 N–H and O–H groups in total. The van der Waals surface area contributed by atoms with Gasteiger partial charge in [-0.3, -0.25) is 9.59 Å². The van der Waals surface area contributed by atoms with Crippen molar-refractivity contribution in [1.82, 2.24) is 9.71 Å². The lowest BCUT2D eigenvalue weighted by molar-refractivity contribution is -0.117. The molecule has 2 aromatic rings. The lowest BCUT2D eigenvalue weighted by Gasteiger charge is -2.26. The van der Waals surface area contributed by atoms with Gasteiger partial charge in [0.05, 0.1) is 28.6 Å². The molecule has 0 fully saturated rings. The number of aromatic nitrogens is 1. The molecule has 8 nitrogen and oxygen atoms in total. The van der Waals surface area contributed by atoms with Crippen molar-refractivity contribution in [2.75, 3.05) is 12.4 Å². The number of fused-ring (bicyclic) bond motifs is 1. The molecule has 0 bridgehead atoms. The van der Waals surface area contributed by atoms with Crippen LogP contribution in [-0.2, 0) is 21.2 Å². The number of benzene rings is 1. The minimum absolute atomic E-state index is 0.0162. The number of anilines is 1. The molecule has 0 radical (unpaired) electrons. The zero-order valence-corrected chi connectivity index (χ0v) is 18.2. The Bertz CT molecular complexity index is 1040. The summed E-state index contributed by atoms with van der Waals surface area (Å²) in [4.78, 5) is 29.7. The number of methoxy groups -OCH3 is 1. The first-order chi connectivity index (χ1) is 13.5. The van der Waals surface area contributed by atoms with E-state index in [0.29, 0.717) is 34.3 Å². The number of nitrogens with zero attached hydrogens (tertiary/aromatic N) is 1. The molecule has 10 heteroatoms. The smallest absolute Gasteiger partial charge is 0.244 e. The quantitative estimate of drug-likeness (QED) is 0.718. The van der Waals surface area contributed by atoms with E-state index in [-0.39, 0.29) is 16.1 Å². The monoisotopic (exact) mass is 437 g/mol. The zero-order valence-electron chi connectivity index (χ0n) is 16.6. The van der Waals surface area contributed by atoms with E-state index in [1.807, 2.05) is 13.8 Å². The van der Waals surface area contributed by atoms with Crippen LogP contribution in [0, 0.1) is 5.41 Å². The summed E-state index contributed by atoms with van der Waals surface area (Å²) >= 11 is 1.12. The van der Waals surface area contributed by atoms with Crippen molar-refractivity contribution in [3.63, 3.8) is 0 Å². The van der Waals surface area contributed by atoms with E-state index in [0.717, 1.165) is 11.3 Å². The van der Waals surface area contributed by atoms with Crippen LogP contribution in [-0.4, -0.2) is 38.2 Å². The molecular weight excluding hydrogens is 414 g/mol. The van der Waals surface area contributed by atoms with Crippen molar-refractivity contribution in [3.8, 4) is 5.75 Å². The SMILES string of the molecule is COc1ccc(S(=O)(=O)N[C@@H](C)C(=O)Nc2nc3c(s2)C(=O)CC(C)(C)C3)cc1. The Morgan fingerprint density at radius 3 is 2.52 bits per heavy atom. The highest BCUT2D eigenvalue weighted by molar-refractivity contribution is 7.89. The molecule has 1 amide bonds. The Balaban J connectivity index is 1.69. The predicted molar refractivity (Wildman–Crippen MR) is 110 cm³/mol. The second-order valence-corrected chi connectivity index (χ2v) is 10.5. The summed E-state index contributed by atoms with van der Waals surface area (Å²) in [6, 6.07) is 4.81. The molecule has 1 aliphatic carbocycles. The Morgan fingerprint density at radius 2 is 1.90 bits per heavy atom. The Morgan fingerprint density at radius 1 is 1.24 bits per heavy atom. The van der Waals surface area contributed by atoms with Crippen LogP contribution in [0.5, 0.6) is 5.75 Å². The second-order valence-electron chi connectivity index (χ2n) is 7.74. The van der Waals surface area contributed by atoms with Gasteiger partial charge in [0.1, 0.15) is 5.75 Å². The fourth-order valence-electron chi connectivity index (χ4n) is 3.10. The summed E-state index contributed by atoms with van der Waals surface area (Å²) in [5, 5.41) is 2.90. The number of sulfonamides is 1. The first-order valence-corrected chi connectivity index (χ1v) is 11.3. The molecule has 1 aromatic heterocycles. The highest BCUT2D eigenvalue weighted by Crippen LogP contribution is 2.38. The Kier molecular flexibility index (Phi) is 5.79. The van der Waals surface area contributed by atoms with Crippen LogP contribution in [0.4, 0.5) is 5.13 Å². The summed E-state index contributed by atoms with van der Waals surface area (Å²) in [6.45, 7) is 5.45. The first kappa shape index (κ1) is 21.4. The summed E-state index contributed by atoms with van der Waals surface area (Å²) in [7, 11) is -2.40. The van der Waals surface area contributed by atoms with E-state index in [1.165, 1.54) is 38.3 Å². The summed E-state index contributed by atoms with van der Waals surface area (Å²) in [5.41, 5.74) is 0.513. The molecule has 1 atom stereocenters. The molecule has 1 aromatic carbocycles. The number of ketones is 1. The number of ether oxygens (including phenoxy) is 1. The van der Waals surface area contributed by atoms with Crippen molar-refractivity contribution in [3.05, 3.63) is 34.8 Å². The van der Waals surface area contributed by atoms with Crippen LogP contribution >= 0.6 is 11.3 Å². The van der Waals surface area contributed by atoms with E-state index in [4.69, 9.17) is 4.74 Å². The molecule has 1 heterocycles. The van der Waals surface area contributed by atoms with Crippen LogP contribution in [0.25, 0.3) is 0 Å². The van der Waals surface area contributed by atoms with Crippen molar-refractivity contribution in [1.29, 1.82) is 0 Å². The number of carbonyl (C=O) groups is 2. The number of hydrogen-bond donors (Lipinski definition) is 2. The molecule has 0 saturated heterocycles. The van der Waals surface area contributed by atoms with Crippen molar-refractivity contribution in [2.45, 2.75) is 44.6 Å². The van der Waals surface area contributed by atoms with Gasteiger partial charge in [-0.05, 0) is 43.0 Å². The van der Waals surface area contributed by atoms with Crippen molar-refractivity contribution < 1.29 is 22.7 Å². The van der Waals surface area contributed by atoms with Crippen LogP contribution in [0.1, 0.15) is 42.6 Å². The Hall–Kier alpha value is -2.30. The molecule has 3 rings (SSSR count). The molecule has 0 unspecified atom stereocenters. The third kappa shape index (κ3) is 4.82. The van der Waals surface area contributed by atoms with Gasteiger partial charge >= 0.3 is 0 Å². The first-order valence-electron chi connectivity index (χ1n) is 9.01. The van der Waals surface area contributed by atoms with E-state index >= 15 is 0 Å². The van der Waals surface area contributed by atoms with Gasteiger partial charge < -0.3 is 10.1 Å². The maximum atomic E-state index is 12.5. The van der Waals surface area contributed by atoms with Crippen LogP contribution in [0.15, 0.2) is 29.2 Å². The molecule has 29 heavy (non-hydrogen) atoms. The average molecular weight is 438 g/mol. The minimum Gasteiger partial charge on any atom is -0.497 e. The molecule has 1 aliphatic rings. The zero-order chi connectivity index (χ0) is 21.4. The van der Waals surface area contributed by atoms with Gasteiger partial charge in [0.2, 0.25) is 15.9 Å². The van der Waals surface area contributed by atoms with Gasteiger partial charge in [0.25, 0.3) is 0 Å². The number of nitrogens with one attached hydrogen (secondary N) is 2. The van der Waals surface area contributed by atoms with Gasteiger partial charge in [0, 0.05) is 6.42 Å². The number of amides is 1. The second kappa shape index (κ2) is 7.85. The topological polar surface area (TPSA) is 114 Å². The third-order valence-corrected chi connectivity index (χ3v) is 7.17. The van der Waals surface area contributed by atoms with E-state index in [9.17, 15) is 18.0 Å². The van der Waals surface area contributed by atoms with E-state index < -0.39 is 22.0 Å². The summed E-state index contributed by atoms with van der Waals surface area (Å²) < 4.78 is 32.3. The fraction of sp³-hybridized carbons (Fsp3) is 0.421. The van der Waals surface area contributed by atoms with Crippen LogP contribution in [0.3, 0.4) is 0 Å². The standard InChI is InChI=1S/C19H23N3O5S2/c1-11(22-29(25,26)13-7-5-12(27-4)6-8-13)17(24)21-18-20-14-9-19(2,3)10-15(23)16(14)28-18/h5-8,11,22H,9-10H2,1-4H3,(H,20,21,24)/t11-/m0/s1. The van der Waals surface area contributed by atoms with Gasteiger partial charge in [0.15, 0.2) is 10.9 Å². The van der Waals surface area contributed by atoms with Crippen LogP contribution in [0.2, 0.25) is 0 Å². The van der Waals surface area contributed by atoms with Crippen molar-refractivity contribution in [2.24, 2.45) is 5.41 Å². The lowest BCUT2D eigenvalue weighted by Crippen LogP contribution is -2.41. The Labute approximate surface area is 173 Å². The van der Waals surface area contributed by atoms with E-state index in [1.54, 1.807) is 0 Å². The van der Waals surface area contributed by atoms with Crippen LogP contribution < -0.4 is 14.8 Å². The number of thiazole rings is 1. The highest BCUT2D eigenvalue weighted by atomic mass is 32.2. The number of carbonyl (C=O) groups excluding carboxylic acids is 2. The predicted octanol–water partition coefficient (Wildman–Crippen LogP) is 2.61. The number of hydrogen-bond acceptors (Lipinski definition) is 7. The minimum atomic E-state index is -3.89. The maximum Gasteiger partial charge on any atom is 0.244 e. The highest BCUT2D eigenvalue weighted by Gasteiger charge is 2.34. The fourth-order valence-corrected chi connectivity index (χ4v) is 5.22. The lowest BCUT2D eigenvalue weighted by atomic mass is 9.78. The van der Waals surface area contributed by atoms with E-state index in [2.05, 4.69) is 15.0 Å². The van der Waals surface area contributed by atoms with Crippen molar-refractivity contribution >= 4 is 38.2 Å². The number of rotatable bonds is 6. The van der Waals surface area contributed by atoms with Gasteiger partial charge in [-0.15, -0.1) is 0 Å². The molecule has 0 aliphatic heterocycles. The molecular formula is C19H23N3O5S2. The largest absolute Gasteiger partial charge is 0.497 e. The summed E-state index contributed by atoms with van der Waals surface area (Å²) in [6.07, 6.45) is 1.09. The van der Waals surface area contributed by atoms with Gasteiger partial charge in [-0.1, -0.05) is 25.2 Å². The normalized spacial score (nSPS) is 16.8. The molecule has 0 spiro atoms. The maximum absolute atomic E-state index is 12.5.